The van der Waals surface area contributed by atoms with Crippen LogP contribution in [0.3, 0.4) is 0 Å². The second-order valence-corrected chi connectivity index (χ2v) is 3.47. The van der Waals surface area contributed by atoms with Crippen molar-refractivity contribution in [2.24, 2.45) is 5.92 Å². The van der Waals surface area contributed by atoms with Crippen LogP contribution in [0, 0.1) is 5.92 Å². The van der Waals surface area contributed by atoms with E-state index < -0.39 is 0 Å². The van der Waals surface area contributed by atoms with Crippen LogP contribution in [0.1, 0.15) is 26.7 Å². The van der Waals surface area contributed by atoms with Crippen LogP contribution in [0.25, 0.3) is 0 Å². The summed E-state index contributed by atoms with van der Waals surface area (Å²) < 4.78 is 0. The zero-order valence-corrected chi connectivity index (χ0v) is 8.09. The summed E-state index contributed by atoms with van der Waals surface area (Å²) in [6, 6.07) is -0.347. The lowest BCUT2D eigenvalue weighted by Gasteiger charge is -2.20. The Hall–Kier alpha value is -1.06. The van der Waals surface area contributed by atoms with Crippen molar-refractivity contribution in [3.8, 4) is 0 Å². The molecule has 0 radical (unpaired) electrons. The highest BCUT2D eigenvalue weighted by Gasteiger charge is 2.27. The van der Waals surface area contributed by atoms with E-state index in [0.717, 1.165) is 6.42 Å². The van der Waals surface area contributed by atoms with Crippen molar-refractivity contribution in [2.75, 3.05) is 6.54 Å². The molecular formula is C9H16N2O2. The third-order valence-corrected chi connectivity index (χ3v) is 2.46. The fraction of sp³-hybridized carbons (Fsp3) is 0.778. The molecule has 13 heavy (non-hydrogen) atoms. The lowest BCUT2D eigenvalue weighted by Crippen LogP contribution is -2.46. The molecule has 2 atom stereocenters. The standard InChI is InChI=1S/C9H16N2O2/c1-3-6(2)8-9(13)10-5-4-7(12)11-8/h6,8H,3-5H2,1-2H3,(H,10,13)(H,11,12). The van der Waals surface area contributed by atoms with Gasteiger partial charge in [0.2, 0.25) is 11.8 Å². The van der Waals surface area contributed by atoms with Gasteiger partial charge in [0.25, 0.3) is 0 Å². The van der Waals surface area contributed by atoms with Gasteiger partial charge in [0, 0.05) is 13.0 Å². The first-order valence-corrected chi connectivity index (χ1v) is 4.72. The summed E-state index contributed by atoms with van der Waals surface area (Å²) in [7, 11) is 0. The van der Waals surface area contributed by atoms with Gasteiger partial charge in [-0.1, -0.05) is 20.3 Å². The highest BCUT2D eigenvalue weighted by molar-refractivity contribution is 5.90. The molecule has 1 saturated heterocycles. The van der Waals surface area contributed by atoms with Crippen LogP contribution in [0.15, 0.2) is 0 Å². The van der Waals surface area contributed by atoms with Crippen molar-refractivity contribution < 1.29 is 9.59 Å². The average molecular weight is 184 g/mol. The van der Waals surface area contributed by atoms with Gasteiger partial charge in [-0.05, 0) is 5.92 Å². The maximum absolute atomic E-state index is 11.4. The number of nitrogens with one attached hydrogen (secondary N) is 2. The first kappa shape index (κ1) is 10.0. The van der Waals surface area contributed by atoms with Crippen LogP contribution >= 0.6 is 0 Å². The Morgan fingerprint density at radius 1 is 1.54 bits per heavy atom. The van der Waals surface area contributed by atoms with Crippen LogP contribution < -0.4 is 10.6 Å². The Morgan fingerprint density at radius 3 is 2.85 bits per heavy atom. The Balaban J connectivity index is 2.67. The molecular weight excluding hydrogens is 168 g/mol. The summed E-state index contributed by atoms with van der Waals surface area (Å²) in [6.45, 7) is 4.43. The van der Waals surface area contributed by atoms with Gasteiger partial charge in [0.05, 0.1) is 0 Å². The van der Waals surface area contributed by atoms with Crippen molar-refractivity contribution in [1.29, 1.82) is 0 Å². The van der Waals surface area contributed by atoms with Gasteiger partial charge < -0.3 is 10.6 Å². The van der Waals surface area contributed by atoms with Crippen molar-refractivity contribution in [3.63, 3.8) is 0 Å². The summed E-state index contributed by atoms with van der Waals surface area (Å²) in [4.78, 5) is 22.6. The molecule has 0 aromatic heterocycles. The van der Waals surface area contributed by atoms with Crippen molar-refractivity contribution in [3.05, 3.63) is 0 Å². The van der Waals surface area contributed by atoms with E-state index in [4.69, 9.17) is 0 Å². The van der Waals surface area contributed by atoms with Crippen LogP contribution in [0.2, 0.25) is 0 Å². The molecule has 4 heteroatoms. The highest BCUT2D eigenvalue weighted by Crippen LogP contribution is 2.09. The fourth-order valence-electron chi connectivity index (χ4n) is 1.36. The van der Waals surface area contributed by atoms with E-state index in [1.165, 1.54) is 0 Å². The molecule has 74 valence electrons. The van der Waals surface area contributed by atoms with Crippen molar-refractivity contribution in [1.82, 2.24) is 10.6 Å². The fourth-order valence-corrected chi connectivity index (χ4v) is 1.36. The van der Waals surface area contributed by atoms with E-state index in [2.05, 4.69) is 10.6 Å². The van der Waals surface area contributed by atoms with Gasteiger partial charge >= 0.3 is 0 Å². The van der Waals surface area contributed by atoms with Crippen LogP contribution in [0.5, 0.6) is 0 Å². The van der Waals surface area contributed by atoms with E-state index in [1.807, 2.05) is 13.8 Å². The Bertz CT molecular complexity index is 216. The largest absolute Gasteiger partial charge is 0.354 e. The van der Waals surface area contributed by atoms with Crippen LogP contribution in [-0.4, -0.2) is 24.4 Å². The Labute approximate surface area is 78.1 Å². The van der Waals surface area contributed by atoms with Crippen LogP contribution in [0.4, 0.5) is 0 Å². The summed E-state index contributed by atoms with van der Waals surface area (Å²) in [5, 5.41) is 5.45. The topological polar surface area (TPSA) is 58.2 Å². The van der Waals surface area contributed by atoms with Gasteiger partial charge in [-0.2, -0.15) is 0 Å². The molecule has 1 heterocycles. The van der Waals surface area contributed by atoms with Gasteiger partial charge in [-0.3, -0.25) is 9.59 Å². The predicted molar refractivity (Wildman–Crippen MR) is 49.0 cm³/mol. The number of hydrogen-bond donors (Lipinski definition) is 2. The minimum atomic E-state index is -0.347. The molecule has 4 nitrogen and oxygen atoms in total. The summed E-state index contributed by atoms with van der Waals surface area (Å²) in [5.41, 5.74) is 0. The average Bonchev–Trinajstić information content (AvgIpc) is 2.27. The third-order valence-electron chi connectivity index (χ3n) is 2.46. The molecule has 0 bridgehead atoms. The summed E-state index contributed by atoms with van der Waals surface area (Å²) in [6.07, 6.45) is 1.27. The number of carbonyl (C=O) groups excluding carboxylic acids is 2. The lowest BCUT2D eigenvalue weighted by atomic mass is 9.99. The van der Waals surface area contributed by atoms with E-state index in [0.29, 0.717) is 13.0 Å². The van der Waals surface area contributed by atoms with E-state index >= 15 is 0 Å². The third kappa shape index (κ3) is 2.44. The van der Waals surface area contributed by atoms with Gasteiger partial charge in [0.1, 0.15) is 6.04 Å². The molecule has 0 spiro atoms. The van der Waals surface area contributed by atoms with Gasteiger partial charge in [-0.25, -0.2) is 0 Å². The van der Waals surface area contributed by atoms with E-state index in [-0.39, 0.29) is 23.8 Å². The number of amides is 2. The zero-order chi connectivity index (χ0) is 9.84. The molecule has 1 aliphatic rings. The number of carbonyl (C=O) groups is 2. The zero-order valence-electron chi connectivity index (χ0n) is 8.09. The monoisotopic (exact) mass is 184 g/mol. The summed E-state index contributed by atoms with van der Waals surface area (Å²) in [5.74, 6) is 0.103. The normalized spacial score (nSPS) is 25.8. The van der Waals surface area contributed by atoms with Crippen molar-refractivity contribution >= 4 is 11.8 Å². The highest BCUT2D eigenvalue weighted by atomic mass is 16.2. The summed E-state index contributed by atoms with van der Waals surface area (Å²) >= 11 is 0. The van der Waals surface area contributed by atoms with Gasteiger partial charge in [-0.15, -0.1) is 0 Å². The number of hydrogen-bond acceptors (Lipinski definition) is 2. The molecule has 0 saturated carbocycles. The lowest BCUT2D eigenvalue weighted by molar-refractivity contribution is -0.127. The SMILES string of the molecule is CCC(C)C1NC(=O)CCNC1=O. The predicted octanol–water partition coefficient (Wildman–Crippen LogP) is 0.0372. The number of rotatable bonds is 2. The first-order valence-electron chi connectivity index (χ1n) is 4.72. The Morgan fingerprint density at radius 2 is 2.23 bits per heavy atom. The Kier molecular flexibility index (Phi) is 3.28. The second-order valence-electron chi connectivity index (χ2n) is 3.47. The van der Waals surface area contributed by atoms with Gasteiger partial charge in [0.15, 0.2) is 0 Å². The first-order chi connectivity index (χ1) is 6.15. The molecule has 0 aliphatic carbocycles. The molecule has 2 amide bonds. The molecule has 0 aromatic carbocycles. The molecule has 1 aliphatic heterocycles. The molecule has 1 fully saturated rings. The minimum absolute atomic E-state index is 0.0383. The molecule has 1 rings (SSSR count). The second kappa shape index (κ2) is 4.25. The van der Waals surface area contributed by atoms with Crippen molar-refractivity contribution in [2.45, 2.75) is 32.7 Å². The molecule has 2 N–H and O–H groups in total. The smallest absolute Gasteiger partial charge is 0.242 e. The van der Waals surface area contributed by atoms with Crippen LogP contribution in [-0.2, 0) is 9.59 Å². The molecule has 0 aromatic rings. The quantitative estimate of drug-likeness (QED) is 0.636. The molecule has 2 unspecified atom stereocenters. The van der Waals surface area contributed by atoms with E-state index in [1.54, 1.807) is 0 Å². The minimum Gasteiger partial charge on any atom is -0.354 e. The maximum Gasteiger partial charge on any atom is 0.242 e. The van der Waals surface area contributed by atoms with E-state index in [9.17, 15) is 9.59 Å². The maximum atomic E-state index is 11.4.